The molecular formula is C102H103ClN8O17S3. The summed E-state index contributed by atoms with van der Waals surface area (Å²) in [6, 6.07) is 75.6. The summed E-state index contributed by atoms with van der Waals surface area (Å²) in [6.45, 7) is 4.15. The largest absolute Gasteiger partial charge is 0.497 e. The van der Waals surface area contributed by atoms with Gasteiger partial charge in [0.05, 0.1) is 74.6 Å². The third kappa shape index (κ3) is 21.9. The van der Waals surface area contributed by atoms with Crippen molar-refractivity contribution < 1.29 is 78.0 Å². The van der Waals surface area contributed by atoms with Gasteiger partial charge in [0, 0.05) is 75.6 Å². The second-order valence-electron chi connectivity index (χ2n) is 33.6. The fourth-order valence-corrected chi connectivity index (χ4v) is 19.4. The van der Waals surface area contributed by atoms with Crippen molar-refractivity contribution in [2.45, 2.75) is 148 Å². The maximum absolute atomic E-state index is 13.7. The van der Waals surface area contributed by atoms with Crippen molar-refractivity contribution in [2.75, 3.05) is 64.0 Å². The van der Waals surface area contributed by atoms with Crippen LogP contribution < -0.4 is 48.5 Å². The van der Waals surface area contributed by atoms with E-state index in [4.69, 9.17) is 50.0 Å². The molecule has 12 aromatic rings. The molecule has 25 nitrogen and oxygen atoms in total. The van der Waals surface area contributed by atoms with Gasteiger partial charge in [-0.25, -0.2) is 44.7 Å². The summed E-state index contributed by atoms with van der Waals surface area (Å²) in [5, 5.41) is 16.4. The topological polar surface area (TPSA) is 346 Å². The fraction of sp³-hybridized carbons (Fsp3) is 0.294. The molecule has 131 heavy (non-hydrogen) atoms. The number of sulfone groups is 1. The number of para-hydroxylation sites is 1. The number of halogens is 1. The van der Waals surface area contributed by atoms with Gasteiger partial charge in [-0.05, 0) is 227 Å². The molecule has 4 aliphatic carbocycles. The first-order chi connectivity index (χ1) is 63.0. The smallest absolute Gasteiger partial charge is 0.240 e. The Morgan fingerprint density at radius 3 is 1.47 bits per heavy atom. The molecule has 2 amide bonds. The maximum Gasteiger partial charge on any atom is 0.240 e. The van der Waals surface area contributed by atoms with Gasteiger partial charge >= 0.3 is 0 Å². The molecule has 6 aliphatic rings. The molecule has 5 N–H and O–H groups in total. The second kappa shape index (κ2) is 40.0. The number of amides is 2. The zero-order valence-corrected chi connectivity index (χ0v) is 76.8. The van der Waals surface area contributed by atoms with Gasteiger partial charge in [0.25, 0.3) is 0 Å². The first-order valence-corrected chi connectivity index (χ1v) is 48.9. The summed E-state index contributed by atoms with van der Waals surface area (Å²) in [5.74, 6) is 5.59. The van der Waals surface area contributed by atoms with Gasteiger partial charge in [0.2, 0.25) is 45.4 Å². The van der Waals surface area contributed by atoms with Crippen molar-refractivity contribution in [3.05, 3.63) is 299 Å². The number of hydrogen-bond donors (Lipinski definition) is 5. The van der Waals surface area contributed by atoms with E-state index in [0.717, 1.165) is 161 Å². The highest BCUT2D eigenvalue weighted by Crippen LogP contribution is 2.55. The summed E-state index contributed by atoms with van der Waals surface area (Å²) in [5.41, 5.74) is 11.6. The van der Waals surface area contributed by atoms with Crippen LogP contribution in [0.5, 0.6) is 34.5 Å². The quantitative estimate of drug-likeness (QED) is 0.0279. The molecule has 4 fully saturated rings. The number of rotatable bonds is 30. The normalized spacial score (nSPS) is 15.6. The molecule has 6 heterocycles. The predicted molar refractivity (Wildman–Crippen MR) is 503 cm³/mol. The minimum atomic E-state index is -3.72. The Labute approximate surface area is 768 Å². The number of aryl methyl sites for hydroxylation is 2. The lowest BCUT2D eigenvalue weighted by atomic mass is 9.68. The Balaban J connectivity index is 0.000000134. The number of Topliss-reactive ketones (excluding diaryl/α,β-unsaturated/α-hetero) is 2. The molecule has 1 atom stereocenters. The first kappa shape index (κ1) is 93.1. The van der Waals surface area contributed by atoms with E-state index in [9.17, 15) is 49.5 Å². The number of pyridine rings is 4. The van der Waals surface area contributed by atoms with Crippen LogP contribution in [-0.4, -0.2) is 133 Å². The molecule has 8 aromatic carbocycles. The number of aliphatic hydroxyl groups excluding tert-OH is 1. The minimum Gasteiger partial charge on any atom is -0.497 e. The number of ether oxygens (including phenoxy) is 6. The number of sulfonamides is 2. The highest BCUT2D eigenvalue weighted by Gasteiger charge is 2.54. The van der Waals surface area contributed by atoms with Crippen molar-refractivity contribution >= 4 is 76.5 Å². The van der Waals surface area contributed by atoms with E-state index in [0.29, 0.717) is 70.3 Å². The number of nitrogens with one attached hydrogen (secondary N) is 4. The molecule has 678 valence electrons. The SMILES string of the molecule is CCC(O)CNS(=O)(=O)c1ccc(-c2cccc(CC(=O)C3(c4ccc5c(c4)OCO5)CC3)n2)cc1.CNS(=O)(=O)c1ccc(-c2cccc(NC(=O)C3(c4ccccc4OC)CC3)n2)cc1.COc1ccc(C2(C(=O)Nc3cccc(-c4ccc(CCS(C)(=O)=O)cc4)n3)CCCCC2)cc1.Cc1nc(CC(=O)C2(c3ccc4c(c3)OCO4)CC2)ccc1-c1cccc(Cl)c1. The van der Waals surface area contributed by atoms with E-state index in [1.165, 1.54) is 37.6 Å². The summed E-state index contributed by atoms with van der Waals surface area (Å²) >= 11 is 6.12. The van der Waals surface area contributed by atoms with Crippen LogP contribution in [0.3, 0.4) is 0 Å². The van der Waals surface area contributed by atoms with Crippen LogP contribution in [0.1, 0.15) is 129 Å². The average molecular weight is 1840 g/mol. The van der Waals surface area contributed by atoms with Crippen LogP contribution in [0, 0.1) is 6.92 Å². The van der Waals surface area contributed by atoms with Crippen molar-refractivity contribution in [2.24, 2.45) is 0 Å². The molecule has 2 aliphatic heterocycles. The van der Waals surface area contributed by atoms with E-state index >= 15 is 0 Å². The summed E-state index contributed by atoms with van der Waals surface area (Å²) in [6.07, 6.45) is 11.6. The van der Waals surface area contributed by atoms with Crippen LogP contribution >= 0.6 is 11.6 Å². The monoisotopic (exact) mass is 1840 g/mol. The molecular weight excluding hydrogens is 1740 g/mol. The number of anilines is 2. The van der Waals surface area contributed by atoms with Crippen molar-refractivity contribution in [3.63, 3.8) is 0 Å². The Morgan fingerprint density at radius 2 is 0.962 bits per heavy atom. The lowest BCUT2D eigenvalue weighted by molar-refractivity contribution is -0.123. The van der Waals surface area contributed by atoms with Crippen LogP contribution in [0.2, 0.25) is 5.02 Å². The number of nitrogens with zero attached hydrogens (tertiary/aromatic N) is 4. The van der Waals surface area contributed by atoms with Crippen molar-refractivity contribution in [1.82, 2.24) is 29.4 Å². The van der Waals surface area contributed by atoms with Crippen molar-refractivity contribution in [1.29, 1.82) is 0 Å². The Bertz CT molecular complexity index is 6570. The van der Waals surface area contributed by atoms with Gasteiger partial charge in [0.1, 0.15) is 44.5 Å². The number of aromatic nitrogens is 4. The molecule has 4 saturated carbocycles. The standard InChI is InChI=1S/C28H32N2O4S.C27H28N2O6S.C24H20ClNO3.C23H23N3O4S/c1-34-24-15-13-23(14-16-24)28(18-4-3-5-19-28)27(31)30-26-8-6-7-25(29-26)22-11-9-21(10-12-22)17-20-35(2,32)33;1-2-21(30)16-28-36(32,33)22-9-6-18(7-10-22)23-5-3-4-20(29-23)15-26(31)27(12-13-27)19-8-11-24-25(14-19)35-17-34-24;1-15-20(16-3-2-4-18(25)11-16)7-6-19(26-15)13-23(27)24(9-10-24)17-5-8-21-22(12-17)29-14-28-21;1-24-31(28,29)17-12-10-16(11-13-17)19-7-5-9-21(25-19)26-22(27)23(14-15-23)18-6-3-4-8-20(18)30-2/h6-16H,3-5,17-20H2,1-2H3,(H,29,30,31);3-11,14,21,28,30H,2,12-13,15-17H2,1H3;2-8,11-12H,9-10,13-14H2,1H3;3-13,24H,14-15H2,1-2H3,(H,25,26,27). The Morgan fingerprint density at radius 1 is 0.473 bits per heavy atom. The van der Waals surface area contributed by atoms with E-state index < -0.39 is 57.6 Å². The van der Waals surface area contributed by atoms with Crippen molar-refractivity contribution in [3.8, 4) is 79.4 Å². The molecule has 29 heteroatoms. The zero-order chi connectivity index (χ0) is 92.3. The number of carbonyl (C=O) groups is 4. The third-order valence-corrected chi connectivity index (χ3v) is 29.0. The fourth-order valence-electron chi connectivity index (χ4n) is 16.8. The molecule has 4 aromatic heterocycles. The summed E-state index contributed by atoms with van der Waals surface area (Å²) in [4.78, 5) is 72.2. The first-order valence-electron chi connectivity index (χ1n) is 43.5. The molecule has 1 unspecified atom stereocenters. The van der Waals surface area contributed by atoms with Gasteiger partial charge in [-0.3, -0.25) is 29.1 Å². The van der Waals surface area contributed by atoms with Gasteiger partial charge in [-0.15, -0.1) is 0 Å². The Kier molecular flexibility index (Phi) is 28.5. The Hall–Kier alpha value is -12.5. The number of methoxy groups -OCH3 is 2. The second-order valence-corrected chi connectivity index (χ2v) is 39.9. The minimum absolute atomic E-state index is 0.0249. The van der Waals surface area contributed by atoms with Gasteiger partial charge < -0.3 is 44.2 Å². The summed E-state index contributed by atoms with van der Waals surface area (Å²) < 4.78 is 109. The van der Waals surface area contributed by atoms with Gasteiger partial charge in [-0.2, -0.15) is 0 Å². The van der Waals surface area contributed by atoms with E-state index in [1.54, 1.807) is 57.5 Å². The number of ketones is 2. The zero-order valence-electron chi connectivity index (χ0n) is 73.6. The highest BCUT2D eigenvalue weighted by molar-refractivity contribution is 7.90. The lowest BCUT2D eigenvalue weighted by Crippen LogP contribution is -2.42. The van der Waals surface area contributed by atoms with Crippen LogP contribution in [0.25, 0.3) is 44.9 Å². The number of aliphatic hydroxyl groups is 1. The van der Waals surface area contributed by atoms with Crippen LogP contribution in [0.4, 0.5) is 11.6 Å². The molecule has 0 radical (unpaired) electrons. The summed E-state index contributed by atoms with van der Waals surface area (Å²) in [7, 11) is -5.61. The van der Waals surface area contributed by atoms with E-state index in [-0.39, 0.29) is 65.5 Å². The highest BCUT2D eigenvalue weighted by atomic mass is 35.5. The average Bonchev–Trinajstić information content (AvgIpc) is 1.57. The number of carbonyl (C=O) groups excluding carboxylic acids is 4. The number of benzene rings is 8. The molecule has 0 bridgehead atoms. The number of hydrogen-bond acceptors (Lipinski definition) is 21. The molecule has 0 spiro atoms. The van der Waals surface area contributed by atoms with Crippen LogP contribution in [-0.2, 0) is 90.0 Å². The van der Waals surface area contributed by atoms with Gasteiger partial charge in [0.15, 0.2) is 23.0 Å². The molecule has 18 rings (SSSR count). The number of fused-ring (bicyclic) bond motifs is 2. The van der Waals surface area contributed by atoms with Gasteiger partial charge in [-0.1, -0.05) is 165 Å². The third-order valence-electron chi connectivity index (χ3n) is 24.9. The predicted octanol–water partition coefficient (Wildman–Crippen LogP) is 17.2. The van der Waals surface area contributed by atoms with Crippen LogP contribution in [0.15, 0.2) is 259 Å². The maximum atomic E-state index is 13.7. The van der Waals surface area contributed by atoms with E-state index in [1.807, 2.05) is 195 Å². The molecule has 0 saturated heterocycles. The lowest BCUT2D eigenvalue weighted by Gasteiger charge is -2.36. The van der Waals surface area contributed by atoms with E-state index in [2.05, 4.69) is 30.0 Å².